The third-order valence-electron chi connectivity index (χ3n) is 2.70. The van der Waals surface area contributed by atoms with Crippen LogP contribution in [0.25, 0.3) is 0 Å². The number of nitrogens with zero attached hydrogens (tertiary/aromatic N) is 1. The van der Waals surface area contributed by atoms with Crippen LogP contribution in [0.3, 0.4) is 0 Å². The standard InChI is InChI=1S/C12H22N2O3/c1-12(2,3)17-11(16)14-7-5-4-6-10(14)9(13)8-15/h10,13,15H,4-8H2,1-3H3. The highest BCUT2D eigenvalue weighted by molar-refractivity contribution is 5.90. The molecule has 1 heterocycles. The van der Waals surface area contributed by atoms with Crippen molar-refractivity contribution < 1.29 is 14.6 Å². The van der Waals surface area contributed by atoms with Crippen LogP contribution in [0.2, 0.25) is 0 Å². The first-order valence-electron chi connectivity index (χ1n) is 6.03. The molecule has 0 bridgehead atoms. The van der Waals surface area contributed by atoms with Crippen LogP contribution in [0, 0.1) is 5.41 Å². The summed E-state index contributed by atoms with van der Waals surface area (Å²) in [7, 11) is 0. The van der Waals surface area contributed by atoms with Gasteiger partial charge in [-0.15, -0.1) is 0 Å². The molecule has 1 aliphatic rings. The predicted molar refractivity (Wildman–Crippen MR) is 65.4 cm³/mol. The number of aliphatic hydroxyl groups is 1. The highest BCUT2D eigenvalue weighted by atomic mass is 16.6. The summed E-state index contributed by atoms with van der Waals surface area (Å²) in [4.78, 5) is 13.5. The minimum Gasteiger partial charge on any atom is -0.444 e. The molecule has 0 aromatic carbocycles. The summed E-state index contributed by atoms with van der Waals surface area (Å²) in [5.74, 6) is 0. The molecule has 1 amide bonds. The van der Waals surface area contributed by atoms with E-state index in [9.17, 15) is 4.79 Å². The number of piperidine rings is 1. The molecule has 1 aliphatic heterocycles. The molecule has 5 nitrogen and oxygen atoms in total. The van der Waals surface area contributed by atoms with Gasteiger partial charge in [0.15, 0.2) is 0 Å². The third kappa shape index (κ3) is 4.00. The van der Waals surface area contributed by atoms with Gasteiger partial charge in [0.2, 0.25) is 0 Å². The van der Waals surface area contributed by atoms with Crippen molar-refractivity contribution in [2.24, 2.45) is 0 Å². The van der Waals surface area contributed by atoms with E-state index < -0.39 is 5.60 Å². The van der Waals surface area contributed by atoms with Gasteiger partial charge in [-0.1, -0.05) is 0 Å². The Bertz CT molecular complexity index is 297. The van der Waals surface area contributed by atoms with Gasteiger partial charge in [-0.3, -0.25) is 4.90 Å². The van der Waals surface area contributed by atoms with Gasteiger partial charge in [0.25, 0.3) is 0 Å². The van der Waals surface area contributed by atoms with Crippen LogP contribution in [0.1, 0.15) is 40.0 Å². The van der Waals surface area contributed by atoms with E-state index in [0.29, 0.717) is 6.54 Å². The van der Waals surface area contributed by atoms with E-state index >= 15 is 0 Å². The first kappa shape index (κ1) is 14.0. The van der Waals surface area contributed by atoms with E-state index in [2.05, 4.69) is 0 Å². The fraction of sp³-hybridized carbons (Fsp3) is 0.833. The summed E-state index contributed by atoms with van der Waals surface area (Å²) in [6.45, 7) is 5.76. The summed E-state index contributed by atoms with van der Waals surface area (Å²) in [6, 6.07) is -0.302. The van der Waals surface area contributed by atoms with Crippen LogP contribution >= 0.6 is 0 Å². The molecule has 1 atom stereocenters. The Morgan fingerprint density at radius 3 is 2.65 bits per heavy atom. The van der Waals surface area contributed by atoms with Crippen molar-refractivity contribution in [1.82, 2.24) is 4.90 Å². The minimum atomic E-state index is -0.527. The topological polar surface area (TPSA) is 73.6 Å². The first-order chi connectivity index (χ1) is 7.85. The molecule has 1 saturated heterocycles. The molecule has 0 spiro atoms. The van der Waals surface area contributed by atoms with Crippen LogP contribution in [0.5, 0.6) is 0 Å². The van der Waals surface area contributed by atoms with Gasteiger partial charge in [0.05, 0.1) is 18.4 Å². The number of carbonyl (C=O) groups is 1. The van der Waals surface area contributed by atoms with Gasteiger partial charge in [-0.25, -0.2) is 4.79 Å². The third-order valence-corrected chi connectivity index (χ3v) is 2.70. The number of ether oxygens (including phenoxy) is 1. The Morgan fingerprint density at radius 1 is 1.47 bits per heavy atom. The lowest BCUT2D eigenvalue weighted by Crippen LogP contribution is -2.50. The van der Waals surface area contributed by atoms with Crippen molar-refractivity contribution in [1.29, 1.82) is 5.41 Å². The van der Waals surface area contributed by atoms with Crippen molar-refractivity contribution in [2.75, 3.05) is 13.2 Å². The zero-order valence-electron chi connectivity index (χ0n) is 10.8. The smallest absolute Gasteiger partial charge is 0.410 e. The van der Waals surface area contributed by atoms with E-state index in [-0.39, 0.29) is 24.5 Å². The lowest BCUT2D eigenvalue weighted by Gasteiger charge is -2.36. The van der Waals surface area contributed by atoms with E-state index in [1.807, 2.05) is 20.8 Å². The number of amides is 1. The van der Waals surface area contributed by atoms with Crippen LogP contribution in [-0.4, -0.2) is 46.6 Å². The maximum Gasteiger partial charge on any atom is 0.410 e. The molecular weight excluding hydrogens is 220 g/mol. The lowest BCUT2D eigenvalue weighted by molar-refractivity contribution is 0.0162. The number of hydrogen-bond donors (Lipinski definition) is 2. The van der Waals surface area contributed by atoms with E-state index in [4.69, 9.17) is 15.3 Å². The van der Waals surface area contributed by atoms with Crippen LogP contribution in [-0.2, 0) is 4.74 Å². The molecule has 5 heteroatoms. The maximum absolute atomic E-state index is 12.0. The lowest BCUT2D eigenvalue weighted by atomic mass is 9.99. The van der Waals surface area contributed by atoms with Gasteiger partial charge in [-0.2, -0.15) is 0 Å². The summed E-state index contributed by atoms with van der Waals surface area (Å²) in [5.41, 5.74) is -0.337. The normalized spacial score (nSPS) is 21.2. The summed E-state index contributed by atoms with van der Waals surface area (Å²) < 4.78 is 5.31. The second-order valence-corrected chi connectivity index (χ2v) is 5.37. The Balaban J connectivity index is 2.71. The number of aliphatic hydroxyl groups excluding tert-OH is 1. The summed E-state index contributed by atoms with van der Waals surface area (Å²) in [6.07, 6.45) is 2.25. The Morgan fingerprint density at radius 2 is 2.12 bits per heavy atom. The van der Waals surface area contributed by atoms with Gasteiger partial charge < -0.3 is 15.3 Å². The van der Waals surface area contributed by atoms with Crippen LogP contribution in [0.4, 0.5) is 4.79 Å². The molecule has 2 N–H and O–H groups in total. The number of nitrogens with one attached hydrogen (secondary N) is 1. The SMILES string of the molecule is CC(C)(C)OC(=O)N1CCCCC1C(=N)CO. The van der Waals surface area contributed by atoms with Gasteiger partial charge in [-0.05, 0) is 40.0 Å². The van der Waals surface area contributed by atoms with Crippen molar-refractivity contribution in [3.63, 3.8) is 0 Å². The highest BCUT2D eigenvalue weighted by Gasteiger charge is 2.32. The Hall–Kier alpha value is -1.10. The quantitative estimate of drug-likeness (QED) is 0.725. The second kappa shape index (κ2) is 5.49. The predicted octanol–water partition coefficient (Wildman–Crippen LogP) is 1.79. The molecule has 0 aliphatic carbocycles. The monoisotopic (exact) mass is 242 g/mol. The minimum absolute atomic E-state index is 0.190. The van der Waals surface area contributed by atoms with E-state index in [0.717, 1.165) is 19.3 Å². The maximum atomic E-state index is 12.0. The molecule has 98 valence electrons. The molecule has 1 fully saturated rings. The Labute approximate surface area is 102 Å². The highest BCUT2D eigenvalue weighted by Crippen LogP contribution is 2.21. The molecule has 0 aromatic rings. The average Bonchev–Trinajstić information content (AvgIpc) is 2.25. The first-order valence-corrected chi connectivity index (χ1v) is 6.03. The summed E-state index contributed by atoms with van der Waals surface area (Å²) >= 11 is 0. The zero-order chi connectivity index (χ0) is 13.1. The Kier molecular flexibility index (Phi) is 4.51. The number of carbonyl (C=O) groups excluding carboxylic acids is 1. The molecule has 0 saturated carbocycles. The van der Waals surface area contributed by atoms with Crippen LogP contribution in [0.15, 0.2) is 0 Å². The van der Waals surface area contributed by atoms with Gasteiger partial charge >= 0.3 is 6.09 Å². The van der Waals surface area contributed by atoms with Crippen molar-refractivity contribution >= 4 is 11.8 Å². The molecule has 0 radical (unpaired) electrons. The number of likely N-dealkylation sites (tertiary alicyclic amines) is 1. The second-order valence-electron chi connectivity index (χ2n) is 5.37. The van der Waals surface area contributed by atoms with E-state index in [1.165, 1.54) is 0 Å². The van der Waals surface area contributed by atoms with E-state index in [1.54, 1.807) is 4.90 Å². The zero-order valence-corrected chi connectivity index (χ0v) is 10.8. The van der Waals surface area contributed by atoms with Crippen molar-refractivity contribution in [3.8, 4) is 0 Å². The molecule has 1 rings (SSSR count). The fourth-order valence-electron chi connectivity index (χ4n) is 1.94. The average molecular weight is 242 g/mol. The molecule has 0 aromatic heterocycles. The van der Waals surface area contributed by atoms with Crippen molar-refractivity contribution in [2.45, 2.75) is 51.7 Å². The number of rotatable bonds is 2. The van der Waals surface area contributed by atoms with Crippen molar-refractivity contribution in [3.05, 3.63) is 0 Å². The molecule has 17 heavy (non-hydrogen) atoms. The fourth-order valence-corrected chi connectivity index (χ4v) is 1.94. The number of hydrogen-bond acceptors (Lipinski definition) is 4. The van der Waals surface area contributed by atoms with Crippen LogP contribution < -0.4 is 0 Å². The van der Waals surface area contributed by atoms with Gasteiger partial charge in [0, 0.05) is 6.54 Å². The molecular formula is C12H22N2O3. The molecule has 1 unspecified atom stereocenters. The van der Waals surface area contributed by atoms with Gasteiger partial charge in [0.1, 0.15) is 5.60 Å². The summed E-state index contributed by atoms with van der Waals surface area (Å²) in [5, 5.41) is 16.7. The largest absolute Gasteiger partial charge is 0.444 e.